The summed E-state index contributed by atoms with van der Waals surface area (Å²) in [7, 11) is 0. The van der Waals surface area contributed by atoms with Crippen molar-refractivity contribution in [1.82, 2.24) is 20.1 Å². The van der Waals surface area contributed by atoms with Crippen molar-refractivity contribution >= 4 is 6.01 Å². The fraction of sp³-hybridized carbons (Fsp3) is 0.143. The van der Waals surface area contributed by atoms with Crippen LogP contribution in [0, 0.1) is 6.92 Å². The van der Waals surface area contributed by atoms with Crippen molar-refractivity contribution in [2.24, 2.45) is 5.84 Å². The Morgan fingerprint density at radius 2 is 2.36 bits per heavy atom. The summed E-state index contributed by atoms with van der Waals surface area (Å²) in [4.78, 5) is 11.8. The number of hydrazine groups is 1. The van der Waals surface area contributed by atoms with Gasteiger partial charge in [-0.25, -0.2) is 15.8 Å². The molecule has 0 bridgehead atoms. The summed E-state index contributed by atoms with van der Waals surface area (Å²) in [5.41, 5.74) is 3.76. The SMILES string of the molecule is Cc1ncncc1-c1noc(NN)n1. The van der Waals surface area contributed by atoms with Crippen molar-refractivity contribution in [3.05, 3.63) is 18.2 Å². The summed E-state index contributed by atoms with van der Waals surface area (Å²) in [6.07, 6.45) is 3.08. The van der Waals surface area contributed by atoms with E-state index in [1.807, 2.05) is 6.92 Å². The second-order valence-electron chi connectivity index (χ2n) is 2.59. The molecule has 0 unspecified atom stereocenters. The molecular weight excluding hydrogens is 184 g/mol. The van der Waals surface area contributed by atoms with Crippen LogP contribution in [-0.2, 0) is 0 Å². The van der Waals surface area contributed by atoms with Crippen molar-refractivity contribution in [3.8, 4) is 11.4 Å². The lowest BCUT2D eigenvalue weighted by molar-refractivity contribution is 0.432. The Balaban J connectivity index is 2.44. The van der Waals surface area contributed by atoms with Crippen molar-refractivity contribution in [2.45, 2.75) is 6.92 Å². The van der Waals surface area contributed by atoms with Crippen molar-refractivity contribution in [1.29, 1.82) is 0 Å². The highest BCUT2D eigenvalue weighted by atomic mass is 16.5. The summed E-state index contributed by atoms with van der Waals surface area (Å²) < 4.78 is 4.77. The molecule has 7 nitrogen and oxygen atoms in total. The van der Waals surface area contributed by atoms with Gasteiger partial charge in [0.25, 0.3) is 0 Å². The van der Waals surface area contributed by atoms with Crippen LogP contribution in [0.5, 0.6) is 0 Å². The molecule has 0 atom stereocenters. The van der Waals surface area contributed by atoms with Crippen LogP contribution in [0.1, 0.15) is 5.69 Å². The van der Waals surface area contributed by atoms with Gasteiger partial charge in [-0.2, -0.15) is 4.98 Å². The fourth-order valence-corrected chi connectivity index (χ4v) is 1.00. The van der Waals surface area contributed by atoms with E-state index in [4.69, 9.17) is 10.4 Å². The zero-order chi connectivity index (χ0) is 9.97. The predicted molar refractivity (Wildman–Crippen MR) is 47.9 cm³/mol. The first-order valence-corrected chi connectivity index (χ1v) is 3.88. The molecule has 0 radical (unpaired) electrons. The van der Waals surface area contributed by atoms with Gasteiger partial charge in [0, 0.05) is 6.20 Å². The summed E-state index contributed by atoms with van der Waals surface area (Å²) in [6.45, 7) is 1.84. The molecule has 0 spiro atoms. The highest BCUT2D eigenvalue weighted by molar-refractivity contribution is 5.56. The van der Waals surface area contributed by atoms with Crippen LogP contribution >= 0.6 is 0 Å². The third-order valence-electron chi connectivity index (χ3n) is 1.70. The molecular formula is C7H8N6O. The van der Waals surface area contributed by atoms with Crippen LogP contribution in [0.3, 0.4) is 0 Å². The molecule has 0 amide bonds. The Bertz CT molecular complexity index is 439. The van der Waals surface area contributed by atoms with Gasteiger partial charge in [0.15, 0.2) is 0 Å². The number of nitrogens with two attached hydrogens (primary N) is 1. The number of hydrogen-bond acceptors (Lipinski definition) is 7. The topological polar surface area (TPSA) is 103 Å². The van der Waals surface area contributed by atoms with Crippen LogP contribution < -0.4 is 11.3 Å². The van der Waals surface area contributed by atoms with E-state index in [2.05, 4.69) is 25.5 Å². The number of rotatable bonds is 2. The lowest BCUT2D eigenvalue weighted by atomic mass is 10.2. The van der Waals surface area contributed by atoms with Crippen LogP contribution in [-0.4, -0.2) is 20.1 Å². The monoisotopic (exact) mass is 192 g/mol. The Morgan fingerprint density at radius 3 is 3.00 bits per heavy atom. The van der Waals surface area contributed by atoms with Gasteiger partial charge in [0.1, 0.15) is 6.33 Å². The van der Waals surface area contributed by atoms with Gasteiger partial charge in [0.05, 0.1) is 11.3 Å². The van der Waals surface area contributed by atoms with Gasteiger partial charge >= 0.3 is 6.01 Å². The van der Waals surface area contributed by atoms with E-state index >= 15 is 0 Å². The average Bonchev–Trinajstić information content (AvgIpc) is 2.67. The lowest BCUT2D eigenvalue weighted by Crippen LogP contribution is -2.06. The third kappa shape index (κ3) is 1.40. The maximum absolute atomic E-state index is 5.10. The van der Waals surface area contributed by atoms with E-state index in [0.717, 1.165) is 11.3 Å². The van der Waals surface area contributed by atoms with E-state index in [1.165, 1.54) is 6.33 Å². The lowest BCUT2D eigenvalue weighted by Gasteiger charge is -1.95. The molecule has 0 aliphatic carbocycles. The zero-order valence-corrected chi connectivity index (χ0v) is 7.43. The molecule has 2 rings (SSSR count). The van der Waals surface area contributed by atoms with Gasteiger partial charge in [-0.3, -0.25) is 5.43 Å². The van der Waals surface area contributed by atoms with Crippen LogP contribution in [0.2, 0.25) is 0 Å². The molecule has 72 valence electrons. The minimum Gasteiger partial charge on any atom is -0.314 e. The predicted octanol–water partition coefficient (Wildman–Crippen LogP) is 0.121. The van der Waals surface area contributed by atoms with Gasteiger partial charge < -0.3 is 4.52 Å². The fourth-order valence-electron chi connectivity index (χ4n) is 1.00. The molecule has 0 aliphatic heterocycles. The summed E-state index contributed by atoms with van der Waals surface area (Å²) in [5, 5.41) is 3.71. The minimum absolute atomic E-state index is 0.156. The minimum atomic E-state index is 0.156. The molecule has 3 N–H and O–H groups in total. The van der Waals surface area contributed by atoms with Gasteiger partial charge in [-0.15, -0.1) is 0 Å². The number of nitrogens with one attached hydrogen (secondary N) is 1. The van der Waals surface area contributed by atoms with Gasteiger partial charge in [0.2, 0.25) is 5.82 Å². The van der Waals surface area contributed by atoms with E-state index in [0.29, 0.717) is 5.82 Å². The Hall–Kier alpha value is -2.02. The second-order valence-corrected chi connectivity index (χ2v) is 2.59. The van der Waals surface area contributed by atoms with Crippen molar-refractivity contribution in [2.75, 3.05) is 5.43 Å². The molecule has 2 aromatic heterocycles. The first-order valence-electron chi connectivity index (χ1n) is 3.88. The molecule has 0 saturated heterocycles. The Labute approximate surface area is 79.3 Å². The molecule has 0 aliphatic rings. The molecule has 14 heavy (non-hydrogen) atoms. The normalized spacial score (nSPS) is 10.1. The van der Waals surface area contributed by atoms with Gasteiger partial charge in [-0.05, 0) is 6.92 Å². The van der Waals surface area contributed by atoms with E-state index < -0.39 is 0 Å². The standard InChI is InChI=1S/C7H8N6O/c1-4-5(2-9-3-10-4)6-11-7(12-8)14-13-6/h2-3H,8H2,1H3,(H,11,12,13). The highest BCUT2D eigenvalue weighted by Crippen LogP contribution is 2.17. The zero-order valence-electron chi connectivity index (χ0n) is 7.43. The van der Waals surface area contributed by atoms with E-state index in [-0.39, 0.29) is 6.01 Å². The molecule has 0 aromatic carbocycles. The van der Waals surface area contributed by atoms with E-state index in [1.54, 1.807) is 6.20 Å². The molecule has 7 heteroatoms. The van der Waals surface area contributed by atoms with Crippen molar-refractivity contribution in [3.63, 3.8) is 0 Å². The molecule has 2 aromatic rings. The van der Waals surface area contributed by atoms with E-state index in [9.17, 15) is 0 Å². The smallest absolute Gasteiger partial charge is 0.314 e. The molecule has 0 fully saturated rings. The maximum atomic E-state index is 5.10. The maximum Gasteiger partial charge on any atom is 0.335 e. The number of aryl methyl sites for hydroxylation is 1. The Morgan fingerprint density at radius 1 is 1.50 bits per heavy atom. The number of anilines is 1. The number of nitrogens with zero attached hydrogens (tertiary/aromatic N) is 4. The van der Waals surface area contributed by atoms with Gasteiger partial charge in [-0.1, -0.05) is 5.16 Å². The van der Waals surface area contributed by atoms with Crippen LogP contribution in [0.4, 0.5) is 6.01 Å². The number of nitrogen functional groups attached to an aromatic ring is 1. The summed E-state index contributed by atoms with van der Waals surface area (Å²) >= 11 is 0. The molecule has 2 heterocycles. The quantitative estimate of drug-likeness (QED) is 0.514. The second kappa shape index (κ2) is 3.38. The number of aromatic nitrogens is 4. The summed E-state index contributed by atoms with van der Waals surface area (Å²) in [5.74, 6) is 5.51. The van der Waals surface area contributed by atoms with Crippen LogP contribution in [0.25, 0.3) is 11.4 Å². The highest BCUT2D eigenvalue weighted by Gasteiger charge is 2.10. The van der Waals surface area contributed by atoms with Crippen molar-refractivity contribution < 1.29 is 4.52 Å². The third-order valence-corrected chi connectivity index (χ3v) is 1.70. The Kier molecular flexibility index (Phi) is 2.07. The first kappa shape index (κ1) is 8.57. The first-order chi connectivity index (χ1) is 6.81. The van der Waals surface area contributed by atoms with Crippen LogP contribution in [0.15, 0.2) is 17.0 Å². The average molecular weight is 192 g/mol. The summed E-state index contributed by atoms with van der Waals surface area (Å²) in [6, 6.07) is 0.156. The molecule has 0 saturated carbocycles. The largest absolute Gasteiger partial charge is 0.335 e. The number of hydrogen-bond donors (Lipinski definition) is 2.